The molecular weight excluding hydrogens is 336 g/mol. The Morgan fingerprint density at radius 2 is 2.04 bits per heavy atom. The molecule has 0 aliphatic carbocycles. The molecule has 1 amide bonds. The van der Waals surface area contributed by atoms with E-state index in [1.807, 2.05) is 26.8 Å². The van der Waals surface area contributed by atoms with Crippen LogP contribution in [0.2, 0.25) is 0 Å². The Morgan fingerprint density at radius 3 is 2.69 bits per heavy atom. The second-order valence-electron chi connectivity index (χ2n) is 6.27. The van der Waals surface area contributed by atoms with Crippen molar-refractivity contribution in [3.05, 3.63) is 23.6 Å². The van der Waals surface area contributed by atoms with E-state index in [1.165, 1.54) is 0 Å². The molecule has 26 heavy (non-hydrogen) atoms. The SMILES string of the molecule is CCOC(=O)N1CCC(Nc2nc(C)cc(Nc3cc(C)on3)n2)CC1. The molecule has 0 unspecified atom stereocenters. The molecule has 0 atom stereocenters. The number of piperidine rings is 1. The number of carbonyl (C=O) groups is 1. The number of hydrogen-bond donors (Lipinski definition) is 2. The molecule has 9 nitrogen and oxygen atoms in total. The monoisotopic (exact) mass is 360 g/mol. The van der Waals surface area contributed by atoms with Gasteiger partial charge < -0.3 is 24.8 Å². The molecular formula is C17H24N6O3. The van der Waals surface area contributed by atoms with Crippen LogP contribution >= 0.6 is 0 Å². The summed E-state index contributed by atoms with van der Waals surface area (Å²) >= 11 is 0. The first-order valence-corrected chi connectivity index (χ1v) is 8.77. The Morgan fingerprint density at radius 1 is 1.27 bits per heavy atom. The van der Waals surface area contributed by atoms with Crippen LogP contribution in [0, 0.1) is 13.8 Å². The first-order valence-electron chi connectivity index (χ1n) is 8.77. The van der Waals surface area contributed by atoms with E-state index in [4.69, 9.17) is 9.26 Å². The molecule has 0 radical (unpaired) electrons. The summed E-state index contributed by atoms with van der Waals surface area (Å²) in [6.07, 6.45) is 1.40. The Hall–Kier alpha value is -2.84. The highest BCUT2D eigenvalue weighted by Gasteiger charge is 2.24. The molecule has 9 heteroatoms. The lowest BCUT2D eigenvalue weighted by Crippen LogP contribution is -2.42. The van der Waals surface area contributed by atoms with Crippen LogP contribution in [0.4, 0.5) is 22.4 Å². The molecule has 1 fully saturated rings. The van der Waals surface area contributed by atoms with Crippen molar-refractivity contribution in [1.82, 2.24) is 20.0 Å². The molecule has 140 valence electrons. The predicted molar refractivity (Wildman–Crippen MR) is 96.5 cm³/mol. The number of carbonyl (C=O) groups excluding carboxylic acids is 1. The minimum absolute atomic E-state index is 0.213. The quantitative estimate of drug-likeness (QED) is 0.838. The fraction of sp³-hybridized carbons (Fsp3) is 0.529. The number of aromatic nitrogens is 3. The maximum atomic E-state index is 11.8. The second kappa shape index (κ2) is 8.03. The molecule has 0 bridgehead atoms. The minimum atomic E-state index is -0.243. The van der Waals surface area contributed by atoms with Crippen molar-refractivity contribution in [2.24, 2.45) is 0 Å². The van der Waals surface area contributed by atoms with Crippen molar-refractivity contribution in [3.8, 4) is 0 Å². The molecule has 2 aromatic heterocycles. The van der Waals surface area contributed by atoms with E-state index in [1.54, 1.807) is 11.0 Å². The maximum Gasteiger partial charge on any atom is 0.409 e. The number of anilines is 3. The van der Waals surface area contributed by atoms with Crippen LogP contribution in [0.5, 0.6) is 0 Å². The minimum Gasteiger partial charge on any atom is -0.450 e. The van der Waals surface area contributed by atoms with Gasteiger partial charge in [-0.05, 0) is 33.6 Å². The summed E-state index contributed by atoms with van der Waals surface area (Å²) in [6.45, 7) is 7.27. The molecule has 0 spiro atoms. The molecule has 0 aromatic carbocycles. The molecule has 1 aliphatic heterocycles. The van der Waals surface area contributed by atoms with E-state index in [-0.39, 0.29) is 12.1 Å². The Labute approximate surface area is 152 Å². The van der Waals surface area contributed by atoms with E-state index >= 15 is 0 Å². The smallest absolute Gasteiger partial charge is 0.409 e. The maximum absolute atomic E-state index is 11.8. The van der Waals surface area contributed by atoms with E-state index < -0.39 is 0 Å². The van der Waals surface area contributed by atoms with Crippen LogP contribution in [0.15, 0.2) is 16.7 Å². The van der Waals surface area contributed by atoms with Crippen LogP contribution in [0.25, 0.3) is 0 Å². The molecule has 1 saturated heterocycles. The topological polar surface area (TPSA) is 105 Å². The summed E-state index contributed by atoms with van der Waals surface area (Å²) in [5, 5.41) is 10.4. The number of amides is 1. The highest BCUT2D eigenvalue weighted by Crippen LogP contribution is 2.19. The van der Waals surface area contributed by atoms with Gasteiger partial charge in [0.15, 0.2) is 5.82 Å². The van der Waals surface area contributed by atoms with Crippen molar-refractivity contribution in [3.63, 3.8) is 0 Å². The van der Waals surface area contributed by atoms with Gasteiger partial charge in [-0.3, -0.25) is 0 Å². The lowest BCUT2D eigenvalue weighted by molar-refractivity contribution is 0.0983. The van der Waals surface area contributed by atoms with Crippen LogP contribution < -0.4 is 10.6 Å². The van der Waals surface area contributed by atoms with Gasteiger partial charge in [0.1, 0.15) is 11.6 Å². The number of likely N-dealkylation sites (tertiary alicyclic amines) is 1. The third-order valence-corrected chi connectivity index (χ3v) is 4.09. The van der Waals surface area contributed by atoms with Crippen molar-refractivity contribution in [2.45, 2.75) is 39.7 Å². The summed E-state index contributed by atoms with van der Waals surface area (Å²) in [5.41, 5.74) is 0.842. The van der Waals surface area contributed by atoms with Crippen molar-refractivity contribution >= 4 is 23.7 Å². The Bertz CT molecular complexity index is 755. The van der Waals surface area contributed by atoms with Gasteiger partial charge in [-0.25, -0.2) is 9.78 Å². The largest absolute Gasteiger partial charge is 0.450 e. The summed E-state index contributed by atoms with van der Waals surface area (Å²) < 4.78 is 10.1. The molecule has 3 rings (SSSR count). The van der Waals surface area contributed by atoms with E-state index in [2.05, 4.69) is 25.8 Å². The molecule has 2 aromatic rings. The van der Waals surface area contributed by atoms with Gasteiger partial charge in [0.25, 0.3) is 0 Å². The number of hydrogen-bond acceptors (Lipinski definition) is 8. The second-order valence-corrected chi connectivity index (χ2v) is 6.27. The number of aryl methyl sites for hydroxylation is 2. The highest BCUT2D eigenvalue weighted by atomic mass is 16.6. The van der Waals surface area contributed by atoms with Crippen molar-refractivity contribution in [1.29, 1.82) is 0 Å². The zero-order chi connectivity index (χ0) is 18.5. The van der Waals surface area contributed by atoms with Crippen LogP contribution in [-0.2, 0) is 4.74 Å². The molecule has 1 aliphatic rings. The van der Waals surface area contributed by atoms with Gasteiger partial charge >= 0.3 is 6.09 Å². The third kappa shape index (κ3) is 4.62. The van der Waals surface area contributed by atoms with E-state index in [0.29, 0.717) is 37.3 Å². The third-order valence-electron chi connectivity index (χ3n) is 4.09. The highest BCUT2D eigenvalue weighted by molar-refractivity contribution is 5.67. The van der Waals surface area contributed by atoms with Gasteiger partial charge in [-0.2, -0.15) is 4.98 Å². The first-order chi connectivity index (χ1) is 12.5. The molecule has 0 saturated carbocycles. The molecule has 3 heterocycles. The van der Waals surface area contributed by atoms with Crippen molar-refractivity contribution < 1.29 is 14.1 Å². The summed E-state index contributed by atoms with van der Waals surface area (Å²) in [7, 11) is 0. The predicted octanol–water partition coefficient (Wildman–Crippen LogP) is 2.86. The zero-order valence-corrected chi connectivity index (χ0v) is 15.3. The molecule has 2 N–H and O–H groups in total. The van der Waals surface area contributed by atoms with Gasteiger partial charge in [0, 0.05) is 37.0 Å². The average molecular weight is 360 g/mol. The zero-order valence-electron chi connectivity index (χ0n) is 15.3. The van der Waals surface area contributed by atoms with Gasteiger partial charge in [0.05, 0.1) is 6.61 Å². The van der Waals surface area contributed by atoms with Gasteiger partial charge in [0.2, 0.25) is 5.95 Å². The van der Waals surface area contributed by atoms with Crippen molar-refractivity contribution in [2.75, 3.05) is 30.3 Å². The van der Waals surface area contributed by atoms with Crippen LogP contribution in [-0.4, -0.2) is 51.9 Å². The summed E-state index contributed by atoms with van der Waals surface area (Å²) in [4.78, 5) is 22.4. The van der Waals surface area contributed by atoms with E-state index in [9.17, 15) is 4.79 Å². The number of nitrogens with one attached hydrogen (secondary N) is 2. The Balaban J connectivity index is 1.59. The number of rotatable bonds is 5. The normalized spacial score (nSPS) is 15.0. The lowest BCUT2D eigenvalue weighted by atomic mass is 10.1. The first kappa shape index (κ1) is 18.0. The lowest BCUT2D eigenvalue weighted by Gasteiger charge is -2.31. The Kier molecular flexibility index (Phi) is 5.55. The van der Waals surface area contributed by atoms with Gasteiger partial charge in [-0.15, -0.1) is 0 Å². The van der Waals surface area contributed by atoms with Crippen LogP contribution in [0.3, 0.4) is 0 Å². The van der Waals surface area contributed by atoms with Crippen LogP contribution in [0.1, 0.15) is 31.2 Å². The van der Waals surface area contributed by atoms with E-state index in [0.717, 1.165) is 24.3 Å². The fourth-order valence-electron chi connectivity index (χ4n) is 2.86. The number of nitrogens with zero attached hydrogens (tertiary/aromatic N) is 4. The summed E-state index contributed by atoms with van der Waals surface area (Å²) in [6, 6.07) is 3.86. The average Bonchev–Trinajstić information content (AvgIpc) is 3.00. The summed E-state index contributed by atoms with van der Waals surface area (Å²) in [5.74, 6) is 2.54. The van der Waals surface area contributed by atoms with Gasteiger partial charge in [-0.1, -0.05) is 5.16 Å². The number of ether oxygens (including phenoxy) is 1. The standard InChI is InChI=1S/C17H24N6O3/c1-4-25-17(24)23-7-5-13(6-8-23)19-16-18-11(2)9-14(21-16)20-15-10-12(3)26-22-15/h9-10,13H,4-8H2,1-3H3,(H2,18,19,20,21,22). The fourth-order valence-corrected chi connectivity index (χ4v) is 2.86.